The van der Waals surface area contributed by atoms with E-state index in [0.717, 1.165) is 18.2 Å². The maximum absolute atomic E-state index is 12.0. The van der Waals surface area contributed by atoms with Crippen LogP contribution in [0.1, 0.15) is 0 Å². The lowest BCUT2D eigenvalue weighted by Crippen LogP contribution is -1.86. The Bertz CT molecular complexity index is 330. The number of hydrogen-bond acceptors (Lipinski definition) is 2. The summed E-state index contributed by atoms with van der Waals surface area (Å²) in [6.45, 7) is 0. The number of nitrogens with zero attached hydrogens (tertiary/aromatic N) is 2. The third kappa shape index (κ3) is 3.78. The molecule has 66 valence electrons. The molecule has 0 radical (unpaired) electrons. The minimum Gasteiger partial charge on any atom is -0.204 e. The van der Waals surface area contributed by atoms with Crippen LogP contribution in [0.4, 0.5) is 13.2 Å². The van der Waals surface area contributed by atoms with Crippen LogP contribution >= 0.6 is 0 Å². The van der Waals surface area contributed by atoms with Gasteiger partial charge in [-0.3, -0.25) is 0 Å². The Morgan fingerprint density at radius 1 is 0.923 bits per heavy atom. The summed E-state index contributed by atoms with van der Waals surface area (Å²) in [7, 11) is 0. The lowest BCUT2D eigenvalue weighted by molar-refractivity contribution is 0.447. The average Bonchev–Trinajstić information content (AvgIpc) is 2.14. The van der Waals surface area contributed by atoms with Crippen molar-refractivity contribution in [2.24, 2.45) is 0 Å². The first kappa shape index (κ1) is 11.0. The topological polar surface area (TPSA) is 47.6 Å². The first-order chi connectivity index (χ1) is 6.13. The maximum Gasteiger partial charge on any atom is 0.194 e. The molecule has 0 aliphatic carbocycles. The molecule has 0 fully saturated rings. The van der Waals surface area contributed by atoms with Crippen molar-refractivity contribution in [3.63, 3.8) is 0 Å². The zero-order valence-corrected chi connectivity index (χ0v) is 6.26. The van der Waals surface area contributed by atoms with Crippen molar-refractivity contribution in [2.75, 3.05) is 0 Å². The smallest absolute Gasteiger partial charge is 0.194 e. The lowest BCUT2D eigenvalue weighted by Gasteiger charge is -1.90. The summed E-state index contributed by atoms with van der Waals surface area (Å²) >= 11 is 0. The van der Waals surface area contributed by atoms with Crippen molar-refractivity contribution in [1.82, 2.24) is 0 Å². The molecule has 1 aromatic rings. The van der Waals surface area contributed by atoms with Gasteiger partial charge in [-0.05, 0) is 12.1 Å². The van der Waals surface area contributed by atoms with Crippen molar-refractivity contribution in [2.45, 2.75) is 0 Å². The van der Waals surface area contributed by atoms with Gasteiger partial charge in [-0.15, -0.1) is 0 Å². The molecule has 0 spiro atoms. The Morgan fingerprint density at radius 3 is 1.54 bits per heavy atom. The normalized spacial score (nSPS) is 7.46. The van der Waals surface area contributed by atoms with Crippen LogP contribution in [0.25, 0.3) is 0 Å². The second-order valence-corrected chi connectivity index (χ2v) is 1.76. The molecule has 0 aliphatic heterocycles. The van der Waals surface area contributed by atoms with Gasteiger partial charge in [0.05, 0.1) is 0 Å². The Balaban J connectivity index is 0.000000310. The number of rotatable bonds is 0. The fourth-order valence-corrected chi connectivity index (χ4v) is 0.477. The van der Waals surface area contributed by atoms with E-state index in [1.807, 2.05) is 0 Å². The summed E-state index contributed by atoms with van der Waals surface area (Å²) in [5.74, 6) is -3.73. The zero-order chi connectivity index (χ0) is 10.3. The molecule has 0 bridgehead atoms. The Kier molecular flexibility index (Phi) is 4.75. The molecule has 13 heavy (non-hydrogen) atoms. The number of nitriles is 2. The van der Waals surface area contributed by atoms with Gasteiger partial charge in [-0.25, -0.2) is 13.2 Å². The highest BCUT2D eigenvalue weighted by molar-refractivity contribution is 5.07. The van der Waals surface area contributed by atoms with E-state index in [-0.39, 0.29) is 0 Å². The van der Waals surface area contributed by atoms with Crippen molar-refractivity contribution in [3.8, 4) is 12.1 Å². The highest BCUT2D eigenvalue weighted by Crippen LogP contribution is 2.07. The summed E-state index contributed by atoms with van der Waals surface area (Å²) in [6, 6.07) is 5.30. The SMILES string of the molecule is Fc1cccc(F)c1F.N#CC#N. The van der Waals surface area contributed by atoms with E-state index >= 15 is 0 Å². The van der Waals surface area contributed by atoms with Gasteiger partial charge in [-0.1, -0.05) is 6.07 Å². The van der Waals surface area contributed by atoms with Crippen LogP contribution in [0, 0.1) is 40.1 Å². The molecule has 0 heterocycles. The van der Waals surface area contributed by atoms with E-state index in [0.29, 0.717) is 0 Å². The zero-order valence-electron chi connectivity index (χ0n) is 6.26. The molecule has 0 amide bonds. The van der Waals surface area contributed by atoms with Crippen LogP contribution in [0.3, 0.4) is 0 Å². The molecular weight excluding hydrogens is 181 g/mol. The largest absolute Gasteiger partial charge is 0.204 e. The molecule has 0 unspecified atom stereocenters. The molecule has 0 N–H and O–H groups in total. The molecule has 1 aromatic carbocycles. The molecule has 0 aromatic heterocycles. The summed E-state index contributed by atoms with van der Waals surface area (Å²) < 4.78 is 35.9. The third-order valence-corrected chi connectivity index (χ3v) is 0.954. The molecule has 2 nitrogen and oxygen atoms in total. The monoisotopic (exact) mass is 184 g/mol. The first-order valence-corrected chi connectivity index (χ1v) is 3.01. The summed E-state index contributed by atoms with van der Waals surface area (Å²) in [4.78, 5) is 0. The van der Waals surface area contributed by atoms with E-state index in [1.54, 1.807) is 0 Å². The van der Waals surface area contributed by atoms with Crippen LogP contribution in [-0.4, -0.2) is 0 Å². The lowest BCUT2D eigenvalue weighted by atomic mass is 10.3. The third-order valence-electron chi connectivity index (χ3n) is 0.954. The van der Waals surface area contributed by atoms with E-state index in [1.165, 1.54) is 12.1 Å². The summed E-state index contributed by atoms with van der Waals surface area (Å²) in [6.07, 6.45) is 0. The van der Waals surface area contributed by atoms with Crippen LogP contribution in [0.5, 0.6) is 0 Å². The molecule has 0 atom stereocenters. The number of halogens is 3. The maximum atomic E-state index is 12.0. The second-order valence-electron chi connectivity index (χ2n) is 1.76. The van der Waals surface area contributed by atoms with Gasteiger partial charge < -0.3 is 0 Å². The van der Waals surface area contributed by atoms with Crippen molar-refractivity contribution in [3.05, 3.63) is 35.7 Å². The van der Waals surface area contributed by atoms with Crippen molar-refractivity contribution >= 4 is 0 Å². The quantitative estimate of drug-likeness (QED) is 0.580. The van der Waals surface area contributed by atoms with E-state index < -0.39 is 17.5 Å². The molecule has 0 aliphatic rings. The molecule has 5 heteroatoms. The molecule has 0 saturated carbocycles. The van der Waals surface area contributed by atoms with Gasteiger partial charge in [-0.2, -0.15) is 10.5 Å². The van der Waals surface area contributed by atoms with E-state index in [2.05, 4.69) is 0 Å². The van der Waals surface area contributed by atoms with E-state index in [4.69, 9.17) is 10.5 Å². The van der Waals surface area contributed by atoms with Gasteiger partial charge in [0.25, 0.3) is 0 Å². The van der Waals surface area contributed by atoms with Crippen molar-refractivity contribution in [1.29, 1.82) is 10.5 Å². The summed E-state index contributed by atoms with van der Waals surface area (Å²) in [5.41, 5.74) is 0. The fourth-order valence-electron chi connectivity index (χ4n) is 0.477. The molecule has 0 saturated heterocycles. The second kappa shape index (κ2) is 5.62. The van der Waals surface area contributed by atoms with Crippen LogP contribution < -0.4 is 0 Å². The van der Waals surface area contributed by atoms with Gasteiger partial charge in [0.15, 0.2) is 29.6 Å². The average molecular weight is 184 g/mol. The molecule has 1 rings (SSSR count). The van der Waals surface area contributed by atoms with Crippen LogP contribution in [0.15, 0.2) is 18.2 Å². The van der Waals surface area contributed by atoms with E-state index in [9.17, 15) is 13.2 Å². The Morgan fingerprint density at radius 2 is 1.31 bits per heavy atom. The predicted octanol–water partition coefficient (Wildman–Crippen LogP) is 2.14. The minimum absolute atomic E-state index is 0.860. The summed E-state index contributed by atoms with van der Waals surface area (Å²) in [5, 5.41) is 14.5. The highest BCUT2D eigenvalue weighted by Gasteiger charge is 2.04. The van der Waals surface area contributed by atoms with Gasteiger partial charge in [0.2, 0.25) is 0 Å². The fraction of sp³-hybridized carbons (Fsp3) is 0. The minimum atomic E-state index is -1.42. The Labute approximate surface area is 72.4 Å². The van der Waals surface area contributed by atoms with Crippen molar-refractivity contribution < 1.29 is 13.2 Å². The standard InChI is InChI=1S/C6H3F3.C2N2/c7-4-2-1-3-5(8)6(4)9;3-1-2-4/h1-3H;. The predicted molar refractivity (Wildman–Crippen MR) is 37.5 cm³/mol. The van der Waals surface area contributed by atoms with Gasteiger partial charge in [0, 0.05) is 0 Å². The highest BCUT2D eigenvalue weighted by atomic mass is 19.2. The van der Waals surface area contributed by atoms with Gasteiger partial charge in [0.1, 0.15) is 0 Å². The van der Waals surface area contributed by atoms with Crippen LogP contribution in [-0.2, 0) is 0 Å². The number of benzene rings is 1. The number of hydrogen-bond donors (Lipinski definition) is 0. The Hall–Kier alpha value is -2.01. The molecular formula is C8H3F3N2. The first-order valence-electron chi connectivity index (χ1n) is 3.01. The van der Waals surface area contributed by atoms with Gasteiger partial charge >= 0.3 is 0 Å². The van der Waals surface area contributed by atoms with Crippen LogP contribution in [0.2, 0.25) is 0 Å².